The van der Waals surface area contributed by atoms with Crippen LogP contribution in [0, 0.1) is 5.92 Å². The second-order valence-corrected chi connectivity index (χ2v) is 5.10. The van der Waals surface area contributed by atoms with Crippen molar-refractivity contribution in [2.75, 3.05) is 7.05 Å². The molecule has 0 fully saturated rings. The molecule has 0 radical (unpaired) electrons. The number of benzene rings is 1. The third-order valence-corrected chi connectivity index (χ3v) is 3.67. The van der Waals surface area contributed by atoms with Crippen LogP contribution in [0.3, 0.4) is 0 Å². The number of carbonyl (C=O) groups excluding carboxylic acids is 1. The minimum absolute atomic E-state index is 0.0670. The molecule has 1 aromatic rings. The maximum atomic E-state index is 12.4. The van der Waals surface area contributed by atoms with Crippen LogP contribution in [0.25, 0.3) is 0 Å². The van der Waals surface area contributed by atoms with Crippen molar-refractivity contribution in [3.05, 3.63) is 34.9 Å². The minimum Gasteiger partial charge on any atom is -0.409 e. The molecule has 1 amide bonds. The van der Waals surface area contributed by atoms with E-state index in [1.54, 1.807) is 18.0 Å². The van der Waals surface area contributed by atoms with Crippen molar-refractivity contribution in [1.29, 1.82) is 0 Å². The van der Waals surface area contributed by atoms with Crippen LogP contribution in [-0.4, -0.2) is 28.9 Å². The molecule has 0 aliphatic carbocycles. The molecule has 0 saturated heterocycles. The molecule has 0 aliphatic heterocycles. The molecule has 2 atom stereocenters. The van der Waals surface area contributed by atoms with E-state index < -0.39 is 5.92 Å². The summed E-state index contributed by atoms with van der Waals surface area (Å²) in [6.07, 6.45) is 0.474. The van der Waals surface area contributed by atoms with Crippen molar-refractivity contribution >= 4 is 23.3 Å². The van der Waals surface area contributed by atoms with E-state index in [2.05, 4.69) is 5.16 Å². The lowest BCUT2D eigenvalue weighted by Crippen LogP contribution is -2.40. The lowest BCUT2D eigenvalue weighted by molar-refractivity contribution is -0.134. The molecule has 1 rings (SSSR count). The molecule has 0 saturated carbocycles. The first-order valence-corrected chi connectivity index (χ1v) is 6.79. The van der Waals surface area contributed by atoms with Gasteiger partial charge in [0.15, 0.2) is 5.84 Å². The molecule has 0 aromatic heterocycles. The number of carbonyl (C=O) groups is 1. The van der Waals surface area contributed by atoms with Crippen molar-refractivity contribution in [3.63, 3.8) is 0 Å². The van der Waals surface area contributed by atoms with Crippen LogP contribution in [0.5, 0.6) is 0 Å². The van der Waals surface area contributed by atoms with Crippen molar-refractivity contribution < 1.29 is 10.0 Å². The largest absolute Gasteiger partial charge is 0.409 e. The summed E-state index contributed by atoms with van der Waals surface area (Å²) in [5, 5.41) is 12.3. The summed E-state index contributed by atoms with van der Waals surface area (Å²) >= 11 is 5.96. The first-order chi connectivity index (χ1) is 9.42. The molecule has 0 bridgehead atoms. The average Bonchev–Trinajstić information content (AvgIpc) is 2.45. The zero-order valence-electron chi connectivity index (χ0n) is 11.9. The van der Waals surface area contributed by atoms with E-state index in [4.69, 9.17) is 22.5 Å². The maximum absolute atomic E-state index is 12.4. The monoisotopic (exact) mass is 297 g/mol. The Hall–Kier alpha value is -1.75. The van der Waals surface area contributed by atoms with E-state index in [1.165, 1.54) is 0 Å². The van der Waals surface area contributed by atoms with Crippen molar-refractivity contribution in [3.8, 4) is 0 Å². The number of rotatable bonds is 5. The van der Waals surface area contributed by atoms with Crippen LogP contribution in [0.4, 0.5) is 0 Å². The van der Waals surface area contributed by atoms with Gasteiger partial charge in [-0.1, -0.05) is 35.8 Å². The van der Waals surface area contributed by atoms with Crippen LogP contribution in [0.2, 0.25) is 5.02 Å². The topological polar surface area (TPSA) is 78.9 Å². The average molecular weight is 298 g/mol. The maximum Gasteiger partial charge on any atom is 0.233 e. The predicted octanol–water partition coefficient (Wildman–Crippen LogP) is 2.63. The highest BCUT2D eigenvalue weighted by Gasteiger charge is 2.27. The lowest BCUT2D eigenvalue weighted by Gasteiger charge is -2.28. The first kappa shape index (κ1) is 16.3. The van der Waals surface area contributed by atoms with Gasteiger partial charge in [-0.05, 0) is 31.0 Å². The highest BCUT2D eigenvalue weighted by atomic mass is 35.5. The Morgan fingerprint density at radius 2 is 2.20 bits per heavy atom. The van der Waals surface area contributed by atoms with Gasteiger partial charge in [-0.2, -0.15) is 0 Å². The van der Waals surface area contributed by atoms with Crippen LogP contribution < -0.4 is 5.73 Å². The molecule has 110 valence electrons. The molecule has 2 unspecified atom stereocenters. The summed E-state index contributed by atoms with van der Waals surface area (Å²) in [5.74, 6) is -0.871. The molecule has 3 N–H and O–H groups in total. The molecule has 5 nitrogen and oxygen atoms in total. The molecular formula is C14H20ClN3O2. The van der Waals surface area contributed by atoms with Gasteiger partial charge in [-0.25, -0.2) is 0 Å². The third-order valence-electron chi connectivity index (χ3n) is 3.44. The summed E-state index contributed by atoms with van der Waals surface area (Å²) in [6.45, 7) is 3.72. The van der Waals surface area contributed by atoms with E-state index in [9.17, 15) is 4.79 Å². The SMILES string of the molecule is CCC(C(=O)N(C)C(C)c1cccc(Cl)c1)C(N)=NO. The number of halogens is 1. The Morgan fingerprint density at radius 1 is 1.55 bits per heavy atom. The summed E-state index contributed by atoms with van der Waals surface area (Å²) in [4.78, 5) is 14.0. The molecule has 20 heavy (non-hydrogen) atoms. The Kier molecular flexibility index (Phi) is 5.82. The fourth-order valence-electron chi connectivity index (χ4n) is 2.01. The third kappa shape index (κ3) is 3.63. The van der Waals surface area contributed by atoms with Gasteiger partial charge in [0.05, 0.1) is 12.0 Å². The van der Waals surface area contributed by atoms with Crippen molar-refractivity contribution in [2.45, 2.75) is 26.3 Å². The standard InChI is InChI=1S/C14H20ClN3O2/c1-4-12(13(16)17-20)14(19)18(3)9(2)10-6-5-7-11(15)8-10/h5-9,12,20H,4H2,1-3H3,(H2,16,17). The lowest BCUT2D eigenvalue weighted by atomic mass is 10.0. The van der Waals surface area contributed by atoms with Gasteiger partial charge in [0.1, 0.15) is 0 Å². The number of amidine groups is 1. The Labute approximate surface area is 124 Å². The van der Waals surface area contributed by atoms with Crippen LogP contribution in [0.15, 0.2) is 29.4 Å². The minimum atomic E-state index is -0.619. The second kappa shape index (κ2) is 7.14. The van der Waals surface area contributed by atoms with Crippen LogP contribution >= 0.6 is 11.6 Å². The highest BCUT2D eigenvalue weighted by Crippen LogP contribution is 2.23. The summed E-state index contributed by atoms with van der Waals surface area (Å²) in [7, 11) is 1.70. The van der Waals surface area contributed by atoms with Gasteiger partial charge in [0.25, 0.3) is 0 Å². The quantitative estimate of drug-likeness (QED) is 0.379. The normalized spacial score (nSPS) is 14.7. The Bertz CT molecular complexity index is 505. The van der Waals surface area contributed by atoms with Gasteiger partial charge in [-0.15, -0.1) is 0 Å². The van der Waals surface area contributed by atoms with Crippen LogP contribution in [0.1, 0.15) is 31.9 Å². The zero-order chi connectivity index (χ0) is 15.3. The first-order valence-electron chi connectivity index (χ1n) is 6.41. The molecule has 6 heteroatoms. The highest BCUT2D eigenvalue weighted by molar-refractivity contribution is 6.30. The second-order valence-electron chi connectivity index (χ2n) is 4.67. The van der Waals surface area contributed by atoms with E-state index in [0.717, 1.165) is 5.56 Å². The fraction of sp³-hybridized carbons (Fsp3) is 0.429. The number of nitrogens with zero attached hydrogens (tertiary/aromatic N) is 2. The number of nitrogens with two attached hydrogens (primary N) is 1. The molecule has 1 aromatic carbocycles. The Morgan fingerprint density at radius 3 is 2.70 bits per heavy atom. The molecule has 0 aliphatic rings. The number of oxime groups is 1. The van der Waals surface area contributed by atoms with E-state index >= 15 is 0 Å². The van der Waals surface area contributed by atoms with Gasteiger partial charge >= 0.3 is 0 Å². The summed E-state index contributed by atoms with van der Waals surface area (Å²) in [5.41, 5.74) is 6.49. The number of amides is 1. The van der Waals surface area contributed by atoms with E-state index in [1.807, 2.05) is 32.0 Å². The zero-order valence-corrected chi connectivity index (χ0v) is 12.6. The number of hydrogen-bond acceptors (Lipinski definition) is 3. The van der Waals surface area contributed by atoms with Crippen molar-refractivity contribution in [1.82, 2.24) is 4.90 Å². The predicted molar refractivity (Wildman–Crippen MR) is 79.8 cm³/mol. The smallest absolute Gasteiger partial charge is 0.233 e. The van der Waals surface area contributed by atoms with Gasteiger partial charge in [0, 0.05) is 12.1 Å². The molecule has 0 spiro atoms. The van der Waals surface area contributed by atoms with E-state index in [-0.39, 0.29) is 17.8 Å². The van der Waals surface area contributed by atoms with Crippen LogP contribution in [-0.2, 0) is 4.79 Å². The Balaban J connectivity index is 2.93. The van der Waals surface area contributed by atoms with E-state index in [0.29, 0.717) is 11.4 Å². The molecular weight excluding hydrogens is 278 g/mol. The van der Waals surface area contributed by atoms with Gasteiger partial charge < -0.3 is 15.8 Å². The van der Waals surface area contributed by atoms with Gasteiger partial charge in [-0.3, -0.25) is 4.79 Å². The number of hydrogen-bond donors (Lipinski definition) is 2. The van der Waals surface area contributed by atoms with Crippen molar-refractivity contribution in [2.24, 2.45) is 16.8 Å². The molecule has 0 heterocycles. The summed E-state index contributed by atoms with van der Waals surface area (Å²) < 4.78 is 0. The van der Waals surface area contributed by atoms with Gasteiger partial charge in [0.2, 0.25) is 5.91 Å². The summed E-state index contributed by atoms with van der Waals surface area (Å²) in [6, 6.07) is 7.20. The fourth-order valence-corrected chi connectivity index (χ4v) is 2.21.